The van der Waals surface area contributed by atoms with Crippen LogP contribution in [0, 0.1) is 10.1 Å². The van der Waals surface area contributed by atoms with E-state index in [0.29, 0.717) is 0 Å². The van der Waals surface area contributed by atoms with Crippen molar-refractivity contribution in [2.24, 2.45) is 0 Å². The number of nitrogens with zero attached hydrogens (tertiary/aromatic N) is 1. The van der Waals surface area contributed by atoms with Gasteiger partial charge < -0.3 is 4.98 Å². The molecule has 0 aromatic carbocycles. The lowest BCUT2D eigenvalue weighted by Crippen LogP contribution is -1.85. The highest BCUT2D eigenvalue weighted by Gasteiger charge is 1.98. The van der Waals surface area contributed by atoms with Crippen molar-refractivity contribution in [2.75, 3.05) is 0 Å². The average molecular weight is 166 g/mol. The maximum atomic E-state index is 10.00. The molecule has 0 aliphatic heterocycles. The fourth-order valence-electron chi connectivity index (χ4n) is 1.01. The number of nitrogens with one attached hydrogen (secondary N) is 1. The molecule has 0 saturated heterocycles. The summed E-state index contributed by atoms with van der Waals surface area (Å²) < 4.78 is 0. The predicted octanol–water partition coefficient (Wildman–Crippen LogP) is 1.82. The van der Waals surface area contributed by atoms with E-state index in [-0.39, 0.29) is 0 Å². The summed E-state index contributed by atoms with van der Waals surface area (Å²) in [7, 11) is 0. The highest BCUT2D eigenvalue weighted by atomic mass is 16.6. The maximum absolute atomic E-state index is 10.00. The molecule has 0 atom stereocenters. The summed E-state index contributed by atoms with van der Waals surface area (Å²) in [6.07, 6.45) is 5.06. The molecule has 0 amide bonds. The molecular formula is C8H10N2O2. The first-order valence-electron chi connectivity index (χ1n) is 3.72. The van der Waals surface area contributed by atoms with Crippen LogP contribution in [-0.4, -0.2) is 9.91 Å². The summed E-state index contributed by atoms with van der Waals surface area (Å²) in [4.78, 5) is 12.4. The smallest absolute Gasteiger partial charge is 0.236 e. The highest BCUT2D eigenvalue weighted by Crippen LogP contribution is 2.08. The molecule has 1 aromatic rings. The molecule has 0 fully saturated rings. The monoisotopic (exact) mass is 166 g/mol. The van der Waals surface area contributed by atoms with Crippen LogP contribution in [0.5, 0.6) is 0 Å². The Hall–Kier alpha value is -1.58. The first-order valence-corrected chi connectivity index (χ1v) is 3.72. The topological polar surface area (TPSA) is 58.9 Å². The van der Waals surface area contributed by atoms with E-state index >= 15 is 0 Å². The van der Waals surface area contributed by atoms with Crippen molar-refractivity contribution in [3.8, 4) is 0 Å². The lowest BCUT2D eigenvalue weighted by molar-refractivity contribution is -0.401. The fourth-order valence-corrected chi connectivity index (χ4v) is 1.01. The molecular weight excluding hydrogens is 156 g/mol. The Balaban J connectivity index is 2.81. The van der Waals surface area contributed by atoms with E-state index in [4.69, 9.17) is 0 Å². The second kappa shape index (κ2) is 3.71. The Morgan fingerprint density at radius 1 is 1.75 bits per heavy atom. The molecule has 0 aliphatic carbocycles. The largest absolute Gasteiger partial charge is 0.361 e. The number of H-pyrrole nitrogens is 1. The molecule has 1 rings (SSSR count). The van der Waals surface area contributed by atoms with Crippen LogP contribution in [0.1, 0.15) is 18.2 Å². The van der Waals surface area contributed by atoms with E-state index < -0.39 is 4.92 Å². The van der Waals surface area contributed by atoms with Gasteiger partial charge in [-0.05, 0) is 18.1 Å². The minimum Gasteiger partial charge on any atom is -0.361 e. The van der Waals surface area contributed by atoms with Crippen LogP contribution in [0.25, 0.3) is 6.08 Å². The minimum absolute atomic E-state index is 0.472. The number of aryl methyl sites for hydroxylation is 1. The molecule has 0 bridgehead atoms. The van der Waals surface area contributed by atoms with E-state index in [1.165, 1.54) is 6.08 Å². The van der Waals surface area contributed by atoms with Crippen molar-refractivity contribution in [1.82, 2.24) is 4.98 Å². The second-order valence-electron chi connectivity index (χ2n) is 2.37. The van der Waals surface area contributed by atoms with Crippen LogP contribution in [0.2, 0.25) is 0 Å². The standard InChI is InChI=1S/C8H10N2O2/c1-2-7-3-5-9-8(7)4-6-10(11)12/h3-6,9H,2H2,1H3/b6-4+. The van der Waals surface area contributed by atoms with E-state index in [9.17, 15) is 10.1 Å². The number of nitro groups is 1. The Kier molecular flexibility index (Phi) is 2.63. The van der Waals surface area contributed by atoms with Gasteiger partial charge in [0.15, 0.2) is 0 Å². The third kappa shape index (κ3) is 1.95. The SMILES string of the molecule is CCc1cc[nH]c1/C=C/[N+](=O)[O-]. The van der Waals surface area contributed by atoms with E-state index in [1.54, 1.807) is 6.20 Å². The second-order valence-corrected chi connectivity index (χ2v) is 2.37. The predicted molar refractivity (Wildman–Crippen MR) is 46.2 cm³/mol. The summed E-state index contributed by atoms with van der Waals surface area (Å²) in [6.45, 7) is 2.01. The third-order valence-electron chi connectivity index (χ3n) is 1.61. The molecule has 4 nitrogen and oxygen atoms in total. The van der Waals surface area contributed by atoms with Crippen LogP contribution < -0.4 is 0 Å². The summed E-state index contributed by atoms with van der Waals surface area (Å²) >= 11 is 0. The fraction of sp³-hybridized carbons (Fsp3) is 0.250. The quantitative estimate of drug-likeness (QED) is 0.550. The van der Waals surface area contributed by atoms with Crippen molar-refractivity contribution in [2.45, 2.75) is 13.3 Å². The molecule has 0 aliphatic rings. The molecule has 0 saturated carbocycles. The number of rotatable bonds is 3. The van der Waals surface area contributed by atoms with Gasteiger partial charge in [-0.3, -0.25) is 10.1 Å². The van der Waals surface area contributed by atoms with Crippen molar-refractivity contribution in [3.63, 3.8) is 0 Å². The van der Waals surface area contributed by atoms with Gasteiger partial charge in [0.1, 0.15) is 0 Å². The number of hydrogen-bond acceptors (Lipinski definition) is 2. The van der Waals surface area contributed by atoms with Crippen molar-refractivity contribution in [1.29, 1.82) is 0 Å². The molecule has 64 valence electrons. The van der Waals surface area contributed by atoms with E-state index in [0.717, 1.165) is 23.9 Å². The molecule has 1 N–H and O–H groups in total. The molecule has 0 spiro atoms. The average Bonchev–Trinajstić information content (AvgIpc) is 2.47. The van der Waals surface area contributed by atoms with Crippen molar-refractivity contribution < 1.29 is 4.92 Å². The molecule has 0 radical (unpaired) electrons. The van der Waals surface area contributed by atoms with Gasteiger partial charge >= 0.3 is 0 Å². The van der Waals surface area contributed by atoms with Crippen molar-refractivity contribution >= 4 is 6.08 Å². The lowest BCUT2D eigenvalue weighted by atomic mass is 10.2. The Morgan fingerprint density at radius 3 is 3.08 bits per heavy atom. The van der Waals surface area contributed by atoms with E-state index in [2.05, 4.69) is 4.98 Å². The zero-order chi connectivity index (χ0) is 8.97. The number of aromatic amines is 1. The molecule has 0 unspecified atom stereocenters. The third-order valence-corrected chi connectivity index (χ3v) is 1.61. The van der Waals surface area contributed by atoms with Gasteiger partial charge in [-0.1, -0.05) is 6.92 Å². The summed E-state index contributed by atoms with van der Waals surface area (Å²) in [5.41, 5.74) is 1.90. The van der Waals surface area contributed by atoms with Crippen LogP contribution >= 0.6 is 0 Å². The minimum atomic E-state index is -0.472. The van der Waals surface area contributed by atoms with Gasteiger partial charge in [-0.15, -0.1) is 0 Å². The van der Waals surface area contributed by atoms with Crippen LogP contribution in [-0.2, 0) is 6.42 Å². The van der Waals surface area contributed by atoms with Crippen molar-refractivity contribution in [3.05, 3.63) is 39.8 Å². The zero-order valence-electron chi connectivity index (χ0n) is 6.78. The highest BCUT2D eigenvalue weighted by molar-refractivity contribution is 5.48. The zero-order valence-corrected chi connectivity index (χ0v) is 6.78. The van der Waals surface area contributed by atoms with Gasteiger partial charge in [-0.25, -0.2) is 0 Å². The lowest BCUT2D eigenvalue weighted by Gasteiger charge is -1.90. The Bertz CT molecular complexity index is 302. The van der Waals surface area contributed by atoms with Gasteiger partial charge in [0.2, 0.25) is 6.20 Å². The first-order chi connectivity index (χ1) is 5.74. The van der Waals surface area contributed by atoms with Gasteiger partial charge in [0, 0.05) is 18.0 Å². The molecule has 12 heavy (non-hydrogen) atoms. The molecule has 4 heteroatoms. The van der Waals surface area contributed by atoms with Gasteiger partial charge in [0.05, 0.1) is 4.92 Å². The van der Waals surface area contributed by atoms with Crippen LogP contribution in [0.3, 0.4) is 0 Å². The first kappa shape index (κ1) is 8.52. The summed E-state index contributed by atoms with van der Waals surface area (Å²) in [5.74, 6) is 0. The normalized spacial score (nSPS) is 10.8. The maximum Gasteiger partial charge on any atom is 0.236 e. The number of hydrogen-bond donors (Lipinski definition) is 1. The van der Waals surface area contributed by atoms with Gasteiger partial charge in [-0.2, -0.15) is 0 Å². The Labute approximate surface area is 70.1 Å². The molecule has 1 aromatic heterocycles. The number of aromatic nitrogens is 1. The Morgan fingerprint density at radius 2 is 2.50 bits per heavy atom. The van der Waals surface area contributed by atoms with Crippen LogP contribution in [0.15, 0.2) is 18.5 Å². The van der Waals surface area contributed by atoms with Gasteiger partial charge in [0.25, 0.3) is 0 Å². The van der Waals surface area contributed by atoms with Crippen LogP contribution in [0.4, 0.5) is 0 Å². The van der Waals surface area contributed by atoms with E-state index in [1.807, 2.05) is 13.0 Å². The molecule has 1 heterocycles. The summed E-state index contributed by atoms with van der Waals surface area (Å²) in [6, 6.07) is 1.92. The summed E-state index contributed by atoms with van der Waals surface area (Å²) in [5, 5.41) is 10.00.